The van der Waals surface area contributed by atoms with Crippen LogP contribution in [0.25, 0.3) is 0 Å². The van der Waals surface area contributed by atoms with E-state index in [0.717, 1.165) is 51.0 Å². The van der Waals surface area contributed by atoms with E-state index in [2.05, 4.69) is 27.7 Å². The Morgan fingerprint density at radius 3 is 2.12 bits per heavy atom. The molecule has 0 spiro atoms. The average Bonchev–Trinajstić information content (AvgIpc) is 3.15. The fourth-order valence-electron chi connectivity index (χ4n) is 4.71. The Bertz CT molecular complexity index is 445. The van der Waals surface area contributed by atoms with Crippen LogP contribution >= 0.6 is 0 Å². The van der Waals surface area contributed by atoms with Gasteiger partial charge in [-0.15, -0.1) is 0 Å². The lowest BCUT2D eigenvalue weighted by atomic mass is 9.93. The third-order valence-corrected chi connectivity index (χ3v) is 6.83. The van der Waals surface area contributed by atoms with E-state index in [1.165, 1.54) is 70.6 Å². The zero-order valence-electron chi connectivity index (χ0n) is 21.9. The van der Waals surface area contributed by atoms with Gasteiger partial charge in [-0.25, -0.2) is 0 Å². The summed E-state index contributed by atoms with van der Waals surface area (Å²) in [5, 5.41) is 0. The average molecular weight is 455 g/mol. The molecule has 1 rings (SSSR count). The Morgan fingerprint density at radius 1 is 0.875 bits per heavy atom. The van der Waals surface area contributed by atoms with E-state index in [-0.39, 0.29) is 11.8 Å². The normalized spacial score (nSPS) is 20.8. The van der Waals surface area contributed by atoms with E-state index in [1.54, 1.807) is 0 Å². The zero-order chi connectivity index (χ0) is 23.5. The Balaban J connectivity index is 1.94. The van der Waals surface area contributed by atoms with Gasteiger partial charge in [0.15, 0.2) is 5.79 Å². The Morgan fingerprint density at radius 2 is 1.50 bits per heavy atom. The second-order valence-corrected chi connectivity index (χ2v) is 10.1. The maximum absolute atomic E-state index is 12.0. The highest BCUT2D eigenvalue weighted by molar-refractivity contribution is 5.69. The summed E-state index contributed by atoms with van der Waals surface area (Å²) < 4.78 is 17.5. The first-order valence-electron chi connectivity index (χ1n) is 14.0. The minimum absolute atomic E-state index is 0.000850. The molecule has 0 amide bonds. The van der Waals surface area contributed by atoms with Crippen LogP contribution in [0, 0.1) is 5.92 Å². The van der Waals surface area contributed by atoms with E-state index >= 15 is 0 Å². The summed E-state index contributed by atoms with van der Waals surface area (Å²) in [4.78, 5) is 12.0. The second kappa shape index (κ2) is 18.8. The van der Waals surface area contributed by atoms with Crippen LogP contribution in [-0.4, -0.2) is 31.1 Å². The minimum atomic E-state index is -0.355. The number of hydrogen-bond donors (Lipinski definition) is 0. The predicted octanol–water partition coefficient (Wildman–Crippen LogP) is 8.36. The number of carbonyl (C=O) groups excluding carboxylic acids is 1. The van der Waals surface area contributed by atoms with Gasteiger partial charge in [-0.1, -0.05) is 97.8 Å². The van der Waals surface area contributed by atoms with E-state index in [1.807, 2.05) is 0 Å². The first kappa shape index (κ1) is 29.4. The Hall–Kier alpha value is -0.610. The van der Waals surface area contributed by atoms with Crippen molar-refractivity contribution in [3.05, 3.63) is 0 Å². The standard InChI is InChI=1S/C28H54O4/c1-5-8-18-25(19-9-6-2)21-23-30-27(29)20-15-13-11-10-12-14-16-22-28(4)31-24-26(32-28)17-7-3/h25-26H,5-24H2,1-4H3. The molecule has 4 heteroatoms. The van der Waals surface area contributed by atoms with Gasteiger partial charge in [0, 0.05) is 12.8 Å². The molecule has 1 aliphatic rings. The molecule has 1 saturated heterocycles. The quantitative estimate of drug-likeness (QED) is 0.129. The van der Waals surface area contributed by atoms with Crippen molar-refractivity contribution >= 4 is 5.97 Å². The molecule has 0 saturated carbocycles. The highest BCUT2D eigenvalue weighted by atomic mass is 16.7. The predicted molar refractivity (Wildman–Crippen MR) is 134 cm³/mol. The van der Waals surface area contributed by atoms with E-state index < -0.39 is 0 Å². The maximum Gasteiger partial charge on any atom is 0.305 e. The van der Waals surface area contributed by atoms with Gasteiger partial charge >= 0.3 is 5.97 Å². The summed E-state index contributed by atoms with van der Waals surface area (Å²) in [7, 11) is 0. The summed E-state index contributed by atoms with van der Waals surface area (Å²) >= 11 is 0. The third kappa shape index (κ3) is 14.5. The summed E-state index contributed by atoms with van der Waals surface area (Å²) in [6.45, 7) is 10.2. The first-order chi connectivity index (χ1) is 15.5. The van der Waals surface area contributed by atoms with E-state index in [0.29, 0.717) is 19.1 Å². The molecular formula is C28H54O4. The van der Waals surface area contributed by atoms with Crippen LogP contribution in [0.2, 0.25) is 0 Å². The van der Waals surface area contributed by atoms with Crippen LogP contribution in [0.1, 0.15) is 143 Å². The fraction of sp³-hybridized carbons (Fsp3) is 0.964. The Kier molecular flexibility index (Phi) is 17.3. The van der Waals surface area contributed by atoms with Crippen molar-refractivity contribution in [3.63, 3.8) is 0 Å². The molecule has 0 aliphatic carbocycles. The number of carbonyl (C=O) groups is 1. The van der Waals surface area contributed by atoms with Gasteiger partial charge in [0.05, 0.1) is 19.3 Å². The smallest absolute Gasteiger partial charge is 0.305 e. The van der Waals surface area contributed by atoms with Crippen LogP contribution in [0.4, 0.5) is 0 Å². The number of ether oxygens (including phenoxy) is 3. The topological polar surface area (TPSA) is 44.8 Å². The molecule has 0 aromatic heterocycles. The van der Waals surface area contributed by atoms with Gasteiger partial charge in [0.25, 0.3) is 0 Å². The third-order valence-electron chi connectivity index (χ3n) is 6.83. The fourth-order valence-corrected chi connectivity index (χ4v) is 4.71. The lowest BCUT2D eigenvalue weighted by molar-refractivity contribution is -0.159. The van der Waals surface area contributed by atoms with Crippen molar-refractivity contribution < 1.29 is 19.0 Å². The summed E-state index contributed by atoms with van der Waals surface area (Å²) in [5.74, 6) is 0.377. The largest absolute Gasteiger partial charge is 0.466 e. The molecule has 0 aromatic rings. The summed E-state index contributed by atoms with van der Waals surface area (Å²) in [6, 6.07) is 0. The number of hydrogen-bond acceptors (Lipinski definition) is 4. The first-order valence-corrected chi connectivity index (χ1v) is 14.0. The Labute approximate surface area is 199 Å². The second-order valence-electron chi connectivity index (χ2n) is 10.1. The summed E-state index contributed by atoms with van der Waals surface area (Å²) in [5.41, 5.74) is 0. The molecule has 2 atom stereocenters. The minimum Gasteiger partial charge on any atom is -0.466 e. The van der Waals surface area contributed by atoms with Crippen LogP contribution in [-0.2, 0) is 19.0 Å². The molecule has 1 aliphatic heterocycles. The molecule has 4 nitrogen and oxygen atoms in total. The van der Waals surface area contributed by atoms with Gasteiger partial charge in [-0.2, -0.15) is 0 Å². The van der Waals surface area contributed by atoms with Crippen LogP contribution in [0.5, 0.6) is 0 Å². The number of unbranched alkanes of at least 4 members (excludes halogenated alkanes) is 8. The van der Waals surface area contributed by atoms with E-state index in [4.69, 9.17) is 14.2 Å². The molecule has 32 heavy (non-hydrogen) atoms. The van der Waals surface area contributed by atoms with Gasteiger partial charge < -0.3 is 14.2 Å². The maximum atomic E-state index is 12.0. The lowest BCUT2D eigenvalue weighted by Gasteiger charge is -2.23. The van der Waals surface area contributed by atoms with Gasteiger partial charge in [0.2, 0.25) is 0 Å². The molecule has 0 aromatic carbocycles. The number of esters is 1. The van der Waals surface area contributed by atoms with Crippen molar-refractivity contribution in [3.8, 4) is 0 Å². The van der Waals surface area contributed by atoms with Gasteiger partial charge in [-0.05, 0) is 38.5 Å². The molecule has 1 heterocycles. The molecular weight excluding hydrogens is 400 g/mol. The van der Waals surface area contributed by atoms with Gasteiger partial charge in [-0.3, -0.25) is 4.79 Å². The van der Waals surface area contributed by atoms with Gasteiger partial charge in [0.1, 0.15) is 0 Å². The SMILES string of the molecule is CCCCC(CCCC)CCOC(=O)CCCCCCCCCC1(C)OCC(CCC)O1. The van der Waals surface area contributed by atoms with E-state index in [9.17, 15) is 4.79 Å². The van der Waals surface area contributed by atoms with Crippen molar-refractivity contribution in [1.29, 1.82) is 0 Å². The molecule has 0 N–H and O–H groups in total. The van der Waals surface area contributed by atoms with Crippen molar-refractivity contribution in [2.24, 2.45) is 5.92 Å². The van der Waals surface area contributed by atoms with Crippen LogP contribution in [0.15, 0.2) is 0 Å². The molecule has 0 bridgehead atoms. The molecule has 0 radical (unpaired) electrons. The van der Waals surface area contributed by atoms with Crippen LogP contribution in [0.3, 0.4) is 0 Å². The molecule has 190 valence electrons. The van der Waals surface area contributed by atoms with Crippen molar-refractivity contribution in [1.82, 2.24) is 0 Å². The lowest BCUT2D eigenvalue weighted by Crippen LogP contribution is -2.26. The molecule has 2 unspecified atom stereocenters. The van der Waals surface area contributed by atoms with Crippen LogP contribution < -0.4 is 0 Å². The highest BCUT2D eigenvalue weighted by Gasteiger charge is 2.35. The number of rotatable bonds is 21. The highest BCUT2D eigenvalue weighted by Crippen LogP contribution is 2.30. The molecule has 1 fully saturated rings. The zero-order valence-corrected chi connectivity index (χ0v) is 21.9. The van der Waals surface area contributed by atoms with Crippen molar-refractivity contribution in [2.75, 3.05) is 13.2 Å². The monoisotopic (exact) mass is 454 g/mol. The summed E-state index contributed by atoms with van der Waals surface area (Å²) in [6.07, 6.45) is 21.1. The van der Waals surface area contributed by atoms with Crippen molar-refractivity contribution in [2.45, 2.75) is 155 Å².